The molecule has 0 saturated carbocycles. The Balaban J connectivity index is 1.18. The third-order valence-electron chi connectivity index (χ3n) is 6.75. The van der Waals surface area contributed by atoms with E-state index < -0.39 is 9.84 Å². The van der Waals surface area contributed by atoms with Crippen LogP contribution in [0, 0.1) is 0 Å². The lowest BCUT2D eigenvalue weighted by Gasteiger charge is -2.29. The quantitative estimate of drug-likeness (QED) is 0.338. The van der Waals surface area contributed by atoms with Gasteiger partial charge in [-0.3, -0.25) is 4.90 Å². The maximum atomic E-state index is 13.0. The fourth-order valence-electron chi connectivity index (χ4n) is 4.72. The topological polar surface area (TPSA) is 68.1 Å². The molecule has 7 heteroatoms. The van der Waals surface area contributed by atoms with Gasteiger partial charge in [0.2, 0.25) is 9.84 Å². The lowest BCUT2D eigenvalue weighted by molar-refractivity contribution is 0.248. The van der Waals surface area contributed by atoms with E-state index in [1.807, 2.05) is 43.4 Å². The molecule has 1 aliphatic rings. The normalized spacial score (nSPS) is 14.1. The highest BCUT2D eigenvalue weighted by molar-refractivity contribution is 7.91. The molecule has 5 rings (SSSR count). The van der Waals surface area contributed by atoms with Crippen LogP contribution in [0.4, 0.5) is 0 Å². The number of hydrogen-bond donors (Lipinski definition) is 0. The van der Waals surface area contributed by atoms with Crippen molar-refractivity contribution in [3.63, 3.8) is 0 Å². The van der Waals surface area contributed by atoms with E-state index >= 15 is 0 Å². The Morgan fingerprint density at radius 1 is 0.829 bits per heavy atom. The van der Waals surface area contributed by atoms with Crippen LogP contribution in [0.1, 0.15) is 29.8 Å². The molecule has 0 amide bonds. The first-order valence-electron chi connectivity index (χ1n) is 12.1. The van der Waals surface area contributed by atoms with E-state index in [0.717, 1.165) is 68.1 Å². The summed E-state index contributed by atoms with van der Waals surface area (Å²) in [5.41, 5.74) is 3.45. The van der Waals surface area contributed by atoms with Crippen molar-refractivity contribution in [2.45, 2.75) is 42.0 Å². The summed E-state index contributed by atoms with van der Waals surface area (Å²) in [5, 5.41) is 8.79. The molecule has 35 heavy (non-hydrogen) atoms. The number of benzene rings is 3. The second kappa shape index (κ2) is 10.1. The highest BCUT2D eigenvalue weighted by Crippen LogP contribution is 2.27. The molecular formula is C28H30N4O2S. The SMILES string of the molecule is Cn1c(CCCCN2CCc3ccc(S(=O)(=O)c4ccccc4)cc3C2)nnc1-c1ccccc1. The third kappa shape index (κ3) is 5.06. The Kier molecular flexibility index (Phi) is 6.79. The molecule has 0 radical (unpaired) electrons. The summed E-state index contributed by atoms with van der Waals surface area (Å²) in [5.74, 6) is 1.90. The molecule has 4 aromatic rings. The predicted molar refractivity (Wildman–Crippen MR) is 137 cm³/mol. The van der Waals surface area contributed by atoms with E-state index in [0.29, 0.717) is 9.79 Å². The van der Waals surface area contributed by atoms with Crippen LogP contribution in [0.15, 0.2) is 88.7 Å². The predicted octanol–water partition coefficient (Wildman–Crippen LogP) is 4.70. The minimum atomic E-state index is -3.50. The van der Waals surface area contributed by atoms with Gasteiger partial charge < -0.3 is 4.57 Å². The van der Waals surface area contributed by atoms with Crippen molar-refractivity contribution in [2.24, 2.45) is 7.05 Å². The van der Waals surface area contributed by atoms with Crippen LogP contribution in [-0.4, -0.2) is 41.2 Å². The third-order valence-corrected chi connectivity index (χ3v) is 8.52. The van der Waals surface area contributed by atoms with Crippen LogP contribution in [-0.2, 0) is 36.3 Å². The first-order valence-corrected chi connectivity index (χ1v) is 13.6. The van der Waals surface area contributed by atoms with Crippen LogP contribution >= 0.6 is 0 Å². The molecule has 2 heterocycles. The fourth-order valence-corrected chi connectivity index (χ4v) is 6.05. The molecular weight excluding hydrogens is 456 g/mol. The van der Waals surface area contributed by atoms with E-state index in [9.17, 15) is 8.42 Å². The van der Waals surface area contributed by atoms with E-state index in [-0.39, 0.29) is 0 Å². The van der Waals surface area contributed by atoms with E-state index in [2.05, 4.69) is 31.8 Å². The van der Waals surface area contributed by atoms with Crippen LogP contribution in [0.5, 0.6) is 0 Å². The average molecular weight is 487 g/mol. The number of nitrogens with zero attached hydrogens (tertiary/aromatic N) is 4. The summed E-state index contributed by atoms with van der Waals surface area (Å²) >= 11 is 0. The zero-order valence-corrected chi connectivity index (χ0v) is 20.8. The van der Waals surface area contributed by atoms with E-state index in [1.165, 1.54) is 5.56 Å². The summed E-state index contributed by atoms with van der Waals surface area (Å²) in [6.07, 6.45) is 3.93. The van der Waals surface area contributed by atoms with Crippen LogP contribution < -0.4 is 0 Å². The van der Waals surface area contributed by atoms with Crippen molar-refractivity contribution in [3.8, 4) is 11.4 Å². The Morgan fingerprint density at radius 3 is 2.34 bits per heavy atom. The number of sulfone groups is 1. The molecule has 0 aliphatic carbocycles. The molecule has 1 aliphatic heterocycles. The van der Waals surface area contributed by atoms with Crippen molar-refractivity contribution in [1.29, 1.82) is 0 Å². The Bertz CT molecular complexity index is 1400. The molecule has 6 nitrogen and oxygen atoms in total. The summed E-state index contributed by atoms with van der Waals surface area (Å²) in [6, 6.07) is 24.4. The van der Waals surface area contributed by atoms with Crippen LogP contribution in [0.25, 0.3) is 11.4 Å². The van der Waals surface area contributed by atoms with Gasteiger partial charge in [0.05, 0.1) is 9.79 Å². The molecule has 0 atom stereocenters. The second-order valence-electron chi connectivity index (χ2n) is 9.10. The zero-order chi connectivity index (χ0) is 24.3. The van der Waals surface area contributed by atoms with E-state index in [4.69, 9.17) is 0 Å². The number of aryl methyl sites for hydroxylation is 1. The Morgan fingerprint density at radius 2 is 1.57 bits per heavy atom. The van der Waals surface area contributed by atoms with Gasteiger partial charge in [-0.2, -0.15) is 0 Å². The summed E-state index contributed by atoms with van der Waals surface area (Å²) in [6.45, 7) is 2.77. The van der Waals surface area contributed by atoms with Gasteiger partial charge in [0.25, 0.3) is 0 Å². The molecule has 180 valence electrons. The molecule has 0 N–H and O–H groups in total. The number of hydrogen-bond acceptors (Lipinski definition) is 5. The van der Waals surface area contributed by atoms with Crippen LogP contribution in [0.3, 0.4) is 0 Å². The molecule has 0 saturated heterocycles. The number of unbranched alkanes of at least 4 members (excludes halogenated alkanes) is 1. The second-order valence-corrected chi connectivity index (χ2v) is 11.0. The van der Waals surface area contributed by atoms with Gasteiger partial charge in [0.15, 0.2) is 5.82 Å². The standard InChI is InChI=1S/C28H30N4O2S/c1-31-27(29-30-28(31)23-10-4-2-5-11-23)14-8-9-18-32-19-17-22-15-16-26(20-24(22)21-32)35(33,34)25-12-6-3-7-13-25/h2-7,10-13,15-16,20H,8-9,14,17-19,21H2,1H3. The summed E-state index contributed by atoms with van der Waals surface area (Å²) in [7, 11) is -1.47. The van der Waals surface area contributed by atoms with Gasteiger partial charge in [-0.25, -0.2) is 8.42 Å². The van der Waals surface area contributed by atoms with Gasteiger partial charge in [-0.05, 0) is 61.2 Å². The number of fused-ring (bicyclic) bond motifs is 1. The molecule has 0 spiro atoms. The van der Waals surface area contributed by atoms with Gasteiger partial charge in [-0.15, -0.1) is 10.2 Å². The van der Waals surface area contributed by atoms with Gasteiger partial charge in [-0.1, -0.05) is 54.6 Å². The zero-order valence-electron chi connectivity index (χ0n) is 20.0. The van der Waals surface area contributed by atoms with Crippen molar-refractivity contribution in [1.82, 2.24) is 19.7 Å². The van der Waals surface area contributed by atoms with Gasteiger partial charge >= 0.3 is 0 Å². The molecule has 0 fully saturated rings. The Labute approximate surface area is 207 Å². The maximum absolute atomic E-state index is 13.0. The monoisotopic (exact) mass is 486 g/mol. The minimum Gasteiger partial charge on any atom is -0.314 e. The number of aromatic nitrogens is 3. The fraction of sp³-hybridized carbons (Fsp3) is 0.286. The smallest absolute Gasteiger partial charge is 0.206 e. The van der Waals surface area contributed by atoms with E-state index in [1.54, 1.807) is 30.3 Å². The van der Waals surface area contributed by atoms with Gasteiger partial charge in [0, 0.05) is 32.1 Å². The first kappa shape index (κ1) is 23.5. The van der Waals surface area contributed by atoms with Crippen molar-refractivity contribution < 1.29 is 8.42 Å². The largest absolute Gasteiger partial charge is 0.314 e. The molecule has 1 aromatic heterocycles. The molecule has 0 unspecified atom stereocenters. The van der Waals surface area contributed by atoms with Gasteiger partial charge in [0.1, 0.15) is 5.82 Å². The van der Waals surface area contributed by atoms with Crippen molar-refractivity contribution in [2.75, 3.05) is 13.1 Å². The molecule has 0 bridgehead atoms. The highest BCUT2D eigenvalue weighted by Gasteiger charge is 2.22. The average Bonchev–Trinajstić information content (AvgIpc) is 3.27. The first-order chi connectivity index (χ1) is 17.0. The lowest BCUT2D eigenvalue weighted by Crippen LogP contribution is -2.31. The summed E-state index contributed by atoms with van der Waals surface area (Å²) in [4.78, 5) is 3.14. The lowest BCUT2D eigenvalue weighted by atomic mass is 9.99. The van der Waals surface area contributed by atoms with Crippen LogP contribution in [0.2, 0.25) is 0 Å². The number of rotatable bonds is 8. The van der Waals surface area contributed by atoms with Crippen molar-refractivity contribution >= 4 is 9.84 Å². The summed E-state index contributed by atoms with van der Waals surface area (Å²) < 4.78 is 28.2. The minimum absolute atomic E-state index is 0.340. The highest BCUT2D eigenvalue weighted by atomic mass is 32.2. The molecule has 3 aromatic carbocycles. The maximum Gasteiger partial charge on any atom is 0.206 e. The van der Waals surface area contributed by atoms with Crippen molar-refractivity contribution in [3.05, 3.63) is 95.8 Å². The Hall–Kier alpha value is -3.29.